The summed E-state index contributed by atoms with van der Waals surface area (Å²) in [6.07, 6.45) is 2.70. The fourth-order valence-electron chi connectivity index (χ4n) is 3.49. The number of ether oxygens (including phenoxy) is 1. The molecular formula is C21H27N5O2S. The average Bonchev–Trinajstić information content (AvgIpc) is 3.31. The van der Waals surface area contributed by atoms with Gasteiger partial charge in [0, 0.05) is 25.9 Å². The van der Waals surface area contributed by atoms with Gasteiger partial charge in [-0.2, -0.15) is 0 Å². The first-order valence-electron chi connectivity index (χ1n) is 9.95. The summed E-state index contributed by atoms with van der Waals surface area (Å²) in [5.41, 5.74) is 3.38. The molecule has 154 valence electrons. The van der Waals surface area contributed by atoms with Crippen LogP contribution < -0.4 is 0 Å². The van der Waals surface area contributed by atoms with Crippen LogP contribution in [0.3, 0.4) is 0 Å². The van der Waals surface area contributed by atoms with Gasteiger partial charge < -0.3 is 13.7 Å². The minimum atomic E-state index is 0.170. The molecule has 1 fully saturated rings. The average molecular weight is 414 g/mol. The van der Waals surface area contributed by atoms with Crippen LogP contribution in [0.1, 0.15) is 29.3 Å². The molecule has 3 aromatic rings. The van der Waals surface area contributed by atoms with E-state index in [1.807, 2.05) is 18.5 Å². The molecule has 2 aromatic heterocycles. The highest BCUT2D eigenvalue weighted by Gasteiger charge is 2.22. The van der Waals surface area contributed by atoms with Gasteiger partial charge in [-0.25, -0.2) is 4.98 Å². The zero-order valence-corrected chi connectivity index (χ0v) is 18.0. The van der Waals surface area contributed by atoms with Crippen molar-refractivity contribution in [2.45, 2.75) is 31.5 Å². The summed E-state index contributed by atoms with van der Waals surface area (Å²) in [4.78, 5) is 6.63. The zero-order valence-electron chi connectivity index (χ0n) is 17.2. The Labute approximate surface area is 175 Å². The van der Waals surface area contributed by atoms with Gasteiger partial charge in [-0.05, 0) is 32.4 Å². The lowest BCUT2D eigenvalue weighted by Crippen LogP contribution is -2.39. The third-order valence-corrected chi connectivity index (χ3v) is 6.34. The lowest BCUT2D eigenvalue weighted by Gasteiger charge is -2.33. The summed E-state index contributed by atoms with van der Waals surface area (Å²) in [5.74, 6) is 2.40. The van der Waals surface area contributed by atoms with Crippen molar-refractivity contribution >= 4 is 11.8 Å². The largest absolute Gasteiger partial charge is 0.440 e. The van der Waals surface area contributed by atoms with Crippen molar-refractivity contribution in [2.75, 3.05) is 32.0 Å². The fourth-order valence-corrected chi connectivity index (χ4v) is 4.33. The molecule has 0 saturated carbocycles. The molecule has 7 nitrogen and oxygen atoms in total. The van der Waals surface area contributed by atoms with Crippen LogP contribution >= 0.6 is 11.8 Å². The summed E-state index contributed by atoms with van der Waals surface area (Å²) in [7, 11) is 1.97. The first-order chi connectivity index (χ1) is 14.1. The summed E-state index contributed by atoms with van der Waals surface area (Å²) in [6.45, 7) is 7.81. The van der Waals surface area contributed by atoms with Gasteiger partial charge in [0.05, 0.1) is 18.4 Å². The van der Waals surface area contributed by atoms with Crippen LogP contribution in [-0.4, -0.2) is 56.6 Å². The number of hydrogen-bond acceptors (Lipinski definition) is 7. The number of aromatic nitrogens is 4. The maximum absolute atomic E-state index is 5.99. The second-order valence-corrected chi connectivity index (χ2v) is 8.47. The van der Waals surface area contributed by atoms with E-state index in [2.05, 4.69) is 51.3 Å². The van der Waals surface area contributed by atoms with Crippen LogP contribution in [0.25, 0.3) is 11.6 Å². The normalized spacial score (nSPS) is 17.7. The first-order valence-corrected chi connectivity index (χ1v) is 10.9. The van der Waals surface area contributed by atoms with Crippen molar-refractivity contribution in [3.63, 3.8) is 0 Å². The number of thioether (sulfide) groups is 1. The molecule has 1 saturated heterocycles. The highest BCUT2D eigenvalue weighted by atomic mass is 32.2. The van der Waals surface area contributed by atoms with E-state index in [1.54, 1.807) is 11.8 Å². The molecule has 0 N–H and O–H groups in total. The van der Waals surface area contributed by atoms with E-state index in [0.717, 1.165) is 55.1 Å². The molecule has 8 heteroatoms. The van der Waals surface area contributed by atoms with E-state index in [4.69, 9.17) is 9.15 Å². The monoisotopic (exact) mass is 413 g/mol. The van der Waals surface area contributed by atoms with Crippen LogP contribution in [0.5, 0.6) is 0 Å². The van der Waals surface area contributed by atoms with Crippen molar-refractivity contribution in [1.29, 1.82) is 0 Å². The topological polar surface area (TPSA) is 69.2 Å². The van der Waals surface area contributed by atoms with Gasteiger partial charge in [0.2, 0.25) is 5.82 Å². The van der Waals surface area contributed by atoms with Gasteiger partial charge in [-0.3, -0.25) is 4.90 Å². The predicted molar refractivity (Wildman–Crippen MR) is 113 cm³/mol. The smallest absolute Gasteiger partial charge is 0.202 e. The summed E-state index contributed by atoms with van der Waals surface area (Å²) >= 11 is 1.73. The van der Waals surface area contributed by atoms with Crippen LogP contribution in [0.4, 0.5) is 0 Å². The molecule has 1 aliphatic heterocycles. The highest BCUT2D eigenvalue weighted by molar-refractivity contribution is 7.99. The van der Waals surface area contributed by atoms with Crippen LogP contribution in [-0.2, 0) is 11.8 Å². The minimum absolute atomic E-state index is 0.170. The Kier molecular flexibility index (Phi) is 6.32. The number of rotatable bonds is 7. The fraction of sp³-hybridized carbons (Fsp3) is 0.476. The molecule has 3 heterocycles. The molecule has 1 unspecified atom stereocenters. The Bertz CT molecular complexity index is 937. The van der Waals surface area contributed by atoms with E-state index in [-0.39, 0.29) is 6.10 Å². The Morgan fingerprint density at radius 2 is 2.00 bits per heavy atom. The third-order valence-electron chi connectivity index (χ3n) is 5.23. The quantitative estimate of drug-likeness (QED) is 0.433. The van der Waals surface area contributed by atoms with Gasteiger partial charge in [0.15, 0.2) is 17.3 Å². The third kappa shape index (κ3) is 4.71. The molecule has 1 aromatic carbocycles. The molecule has 1 atom stereocenters. The van der Waals surface area contributed by atoms with E-state index in [1.165, 1.54) is 17.5 Å². The molecule has 0 aliphatic carbocycles. The molecular weight excluding hydrogens is 386 g/mol. The zero-order chi connectivity index (χ0) is 20.2. The van der Waals surface area contributed by atoms with Gasteiger partial charge in [-0.15, -0.1) is 10.2 Å². The summed E-state index contributed by atoms with van der Waals surface area (Å²) < 4.78 is 13.4. The van der Waals surface area contributed by atoms with Crippen LogP contribution in [0.2, 0.25) is 0 Å². The van der Waals surface area contributed by atoms with Crippen molar-refractivity contribution < 1.29 is 9.15 Å². The van der Waals surface area contributed by atoms with E-state index < -0.39 is 0 Å². The molecule has 1 aliphatic rings. The SMILES string of the molecule is Cc1ccc(C2CN(CCCSc3nnc(-c4ocnc4C)n3C)CCO2)cc1. The summed E-state index contributed by atoms with van der Waals surface area (Å²) in [6, 6.07) is 8.68. The molecule has 29 heavy (non-hydrogen) atoms. The number of oxazole rings is 1. The molecule has 4 rings (SSSR count). The van der Waals surface area contributed by atoms with Crippen LogP contribution in [0, 0.1) is 13.8 Å². The molecule has 0 amide bonds. The molecule has 0 bridgehead atoms. The maximum atomic E-state index is 5.99. The molecule has 0 radical (unpaired) electrons. The Morgan fingerprint density at radius 3 is 2.76 bits per heavy atom. The van der Waals surface area contributed by atoms with E-state index in [0.29, 0.717) is 5.76 Å². The maximum Gasteiger partial charge on any atom is 0.202 e. The minimum Gasteiger partial charge on any atom is -0.440 e. The number of morpholine rings is 1. The van der Waals surface area contributed by atoms with E-state index >= 15 is 0 Å². The predicted octanol–water partition coefficient (Wildman–Crippen LogP) is 3.64. The van der Waals surface area contributed by atoms with Crippen LogP contribution in [0.15, 0.2) is 40.2 Å². The highest BCUT2D eigenvalue weighted by Crippen LogP contribution is 2.26. The van der Waals surface area contributed by atoms with Crippen molar-refractivity contribution in [2.24, 2.45) is 7.05 Å². The first kappa shape index (κ1) is 20.1. The van der Waals surface area contributed by atoms with Gasteiger partial charge in [0.25, 0.3) is 0 Å². The van der Waals surface area contributed by atoms with Crippen molar-refractivity contribution in [3.05, 3.63) is 47.5 Å². The van der Waals surface area contributed by atoms with E-state index in [9.17, 15) is 0 Å². The van der Waals surface area contributed by atoms with Gasteiger partial charge in [-0.1, -0.05) is 41.6 Å². The van der Waals surface area contributed by atoms with Gasteiger partial charge >= 0.3 is 0 Å². The lowest BCUT2D eigenvalue weighted by atomic mass is 10.1. The van der Waals surface area contributed by atoms with Gasteiger partial charge in [0.1, 0.15) is 0 Å². The number of nitrogens with zero attached hydrogens (tertiary/aromatic N) is 5. The second-order valence-electron chi connectivity index (χ2n) is 7.40. The second kappa shape index (κ2) is 9.11. The molecule has 0 spiro atoms. The number of aryl methyl sites for hydroxylation is 2. The summed E-state index contributed by atoms with van der Waals surface area (Å²) in [5, 5.41) is 9.48. The standard InChI is InChI=1S/C21H27N5O2S/c1-15-5-7-17(8-6-15)18-13-26(10-11-27-18)9-4-12-29-21-24-23-20(25(21)3)19-16(2)22-14-28-19/h5-8,14,18H,4,9-13H2,1-3H3. The lowest BCUT2D eigenvalue weighted by molar-refractivity contribution is -0.0297. The Hall–Kier alpha value is -2.16. The van der Waals surface area contributed by atoms with Crippen molar-refractivity contribution in [1.82, 2.24) is 24.6 Å². The Morgan fingerprint density at radius 1 is 1.17 bits per heavy atom. The number of hydrogen-bond donors (Lipinski definition) is 0. The van der Waals surface area contributed by atoms with Crippen molar-refractivity contribution in [3.8, 4) is 11.6 Å². The Balaban J connectivity index is 1.26. The number of benzene rings is 1.